The lowest BCUT2D eigenvalue weighted by Crippen LogP contribution is -2.02. The normalized spacial score (nSPS) is 46.2. The topological polar surface area (TPSA) is 20.2 Å². The molecule has 0 heterocycles. The summed E-state index contributed by atoms with van der Waals surface area (Å²) in [5.74, 6) is 1.60. The van der Waals surface area contributed by atoms with Gasteiger partial charge in [-0.2, -0.15) is 0 Å². The first-order valence-corrected chi connectivity index (χ1v) is 5.59. The minimum atomic E-state index is 0.407. The monoisotopic (exact) mass is 182 g/mol. The summed E-state index contributed by atoms with van der Waals surface area (Å²) in [6.07, 6.45) is 5.41. The zero-order valence-corrected chi connectivity index (χ0v) is 9.14. The van der Waals surface area contributed by atoms with Crippen LogP contribution in [0.25, 0.3) is 0 Å². The van der Waals surface area contributed by atoms with E-state index in [-0.39, 0.29) is 0 Å². The lowest BCUT2D eigenvalue weighted by atomic mass is 9.96. The fraction of sp³-hybridized carbons (Fsp3) is 1.00. The quantitative estimate of drug-likeness (QED) is 0.709. The fourth-order valence-corrected chi connectivity index (χ4v) is 2.67. The highest BCUT2D eigenvalue weighted by atomic mass is 16.3. The van der Waals surface area contributed by atoms with Crippen LogP contribution in [0.1, 0.15) is 46.5 Å². The lowest BCUT2D eigenvalue weighted by molar-refractivity contribution is 0.246. The van der Waals surface area contributed by atoms with Crippen LogP contribution in [0, 0.1) is 22.7 Å². The number of hydrogen-bond donors (Lipinski definition) is 1. The molecule has 2 aliphatic carbocycles. The number of hydrogen-bond acceptors (Lipinski definition) is 1. The van der Waals surface area contributed by atoms with E-state index in [1.165, 1.54) is 25.7 Å². The SMILES string of the molecule is CC1(C)C[C@@H]1CC[C@]1(C)C[C@@H]1CO. The summed E-state index contributed by atoms with van der Waals surface area (Å²) in [4.78, 5) is 0. The van der Waals surface area contributed by atoms with E-state index in [1.807, 2.05) is 0 Å². The van der Waals surface area contributed by atoms with E-state index in [1.54, 1.807) is 0 Å². The van der Waals surface area contributed by atoms with Crippen LogP contribution >= 0.6 is 0 Å². The Morgan fingerprint density at radius 1 is 1.15 bits per heavy atom. The Morgan fingerprint density at radius 2 is 1.77 bits per heavy atom. The summed E-state index contributed by atoms with van der Waals surface area (Å²) in [5, 5.41) is 9.03. The van der Waals surface area contributed by atoms with Crippen molar-refractivity contribution in [2.45, 2.75) is 46.5 Å². The van der Waals surface area contributed by atoms with E-state index >= 15 is 0 Å². The molecule has 2 saturated carbocycles. The third-order valence-corrected chi connectivity index (χ3v) is 4.54. The number of aliphatic hydroxyl groups excluding tert-OH is 1. The van der Waals surface area contributed by atoms with E-state index in [0.29, 0.717) is 23.4 Å². The summed E-state index contributed by atoms with van der Waals surface area (Å²) < 4.78 is 0. The third-order valence-electron chi connectivity index (χ3n) is 4.54. The van der Waals surface area contributed by atoms with E-state index in [4.69, 9.17) is 5.11 Å². The van der Waals surface area contributed by atoms with Gasteiger partial charge in [-0.1, -0.05) is 20.8 Å². The van der Waals surface area contributed by atoms with Crippen molar-refractivity contribution in [1.82, 2.24) is 0 Å². The molecule has 0 unspecified atom stereocenters. The molecule has 2 rings (SSSR count). The van der Waals surface area contributed by atoms with Gasteiger partial charge in [0.25, 0.3) is 0 Å². The first kappa shape index (κ1) is 9.51. The molecule has 0 aromatic carbocycles. The Balaban J connectivity index is 1.70. The Kier molecular flexibility index (Phi) is 1.99. The first-order valence-electron chi connectivity index (χ1n) is 5.59. The van der Waals surface area contributed by atoms with Gasteiger partial charge in [0.2, 0.25) is 0 Å². The maximum Gasteiger partial charge on any atom is 0.0464 e. The maximum atomic E-state index is 9.03. The van der Waals surface area contributed by atoms with Gasteiger partial charge >= 0.3 is 0 Å². The molecular formula is C12H22O. The van der Waals surface area contributed by atoms with Gasteiger partial charge in [0.1, 0.15) is 0 Å². The van der Waals surface area contributed by atoms with Crippen LogP contribution in [-0.2, 0) is 0 Å². The molecule has 0 aromatic heterocycles. The highest BCUT2D eigenvalue weighted by Crippen LogP contribution is 2.60. The standard InChI is InChI=1S/C12H22O/c1-11(2)6-9(11)4-5-12(3)7-10(12)8-13/h9-10,13H,4-8H2,1-3H3/t9-,10+,12+/m0/s1. The van der Waals surface area contributed by atoms with Crippen LogP contribution in [0.5, 0.6) is 0 Å². The smallest absolute Gasteiger partial charge is 0.0464 e. The molecule has 13 heavy (non-hydrogen) atoms. The maximum absolute atomic E-state index is 9.03. The van der Waals surface area contributed by atoms with Gasteiger partial charge < -0.3 is 5.11 Å². The van der Waals surface area contributed by atoms with Crippen molar-refractivity contribution in [3.8, 4) is 0 Å². The Morgan fingerprint density at radius 3 is 2.15 bits per heavy atom. The lowest BCUT2D eigenvalue weighted by Gasteiger charge is -2.10. The molecule has 1 nitrogen and oxygen atoms in total. The second-order valence-electron chi connectivity index (χ2n) is 6.17. The average Bonchev–Trinajstić information content (AvgIpc) is 2.87. The van der Waals surface area contributed by atoms with Gasteiger partial charge in [-0.3, -0.25) is 0 Å². The molecule has 0 saturated heterocycles. The zero-order valence-electron chi connectivity index (χ0n) is 9.14. The fourth-order valence-electron chi connectivity index (χ4n) is 2.67. The molecule has 2 aliphatic rings. The van der Waals surface area contributed by atoms with Crippen LogP contribution in [0.4, 0.5) is 0 Å². The van der Waals surface area contributed by atoms with E-state index < -0.39 is 0 Å². The molecule has 0 spiro atoms. The van der Waals surface area contributed by atoms with Crippen molar-refractivity contribution in [2.75, 3.05) is 6.61 Å². The van der Waals surface area contributed by atoms with E-state index in [0.717, 1.165) is 5.92 Å². The summed E-state index contributed by atoms with van der Waals surface area (Å²) in [6.45, 7) is 7.49. The molecule has 0 aliphatic heterocycles. The first-order chi connectivity index (χ1) is 5.98. The Bertz CT molecular complexity index is 209. The van der Waals surface area contributed by atoms with Gasteiger partial charge in [0.05, 0.1) is 0 Å². The second-order valence-corrected chi connectivity index (χ2v) is 6.17. The molecule has 3 atom stereocenters. The van der Waals surface area contributed by atoms with Crippen LogP contribution in [0.2, 0.25) is 0 Å². The van der Waals surface area contributed by atoms with Gasteiger partial charge in [-0.15, -0.1) is 0 Å². The highest BCUT2D eigenvalue weighted by Gasteiger charge is 2.51. The van der Waals surface area contributed by atoms with Gasteiger partial charge in [0.15, 0.2) is 0 Å². The molecule has 0 radical (unpaired) electrons. The van der Waals surface area contributed by atoms with Gasteiger partial charge in [-0.25, -0.2) is 0 Å². The van der Waals surface area contributed by atoms with E-state index in [9.17, 15) is 0 Å². The number of rotatable bonds is 4. The van der Waals surface area contributed by atoms with Crippen molar-refractivity contribution in [2.24, 2.45) is 22.7 Å². The minimum absolute atomic E-state index is 0.407. The second kappa shape index (κ2) is 2.73. The van der Waals surface area contributed by atoms with Crippen LogP contribution in [0.15, 0.2) is 0 Å². The van der Waals surface area contributed by atoms with Crippen molar-refractivity contribution >= 4 is 0 Å². The Hall–Kier alpha value is -0.0400. The molecule has 1 N–H and O–H groups in total. The molecule has 1 heteroatoms. The van der Waals surface area contributed by atoms with Crippen molar-refractivity contribution in [3.63, 3.8) is 0 Å². The van der Waals surface area contributed by atoms with Crippen LogP contribution in [-0.4, -0.2) is 11.7 Å². The average molecular weight is 182 g/mol. The largest absolute Gasteiger partial charge is 0.396 e. The summed E-state index contributed by atoms with van der Waals surface area (Å²) >= 11 is 0. The zero-order chi connectivity index (χ0) is 9.69. The number of aliphatic hydroxyl groups is 1. The molecule has 0 bridgehead atoms. The van der Waals surface area contributed by atoms with Crippen LogP contribution < -0.4 is 0 Å². The van der Waals surface area contributed by atoms with Crippen molar-refractivity contribution < 1.29 is 5.11 Å². The predicted octanol–water partition coefficient (Wildman–Crippen LogP) is 2.83. The molecular weight excluding hydrogens is 160 g/mol. The summed E-state index contributed by atoms with van der Waals surface area (Å²) in [5.41, 5.74) is 1.15. The molecule has 76 valence electrons. The van der Waals surface area contributed by atoms with Gasteiger partial charge in [0, 0.05) is 6.61 Å². The molecule has 0 aromatic rings. The van der Waals surface area contributed by atoms with E-state index in [2.05, 4.69) is 20.8 Å². The molecule has 0 amide bonds. The minimum Gasteiger partial charge on any atom is -0.396 e. The predicted molar refractivity (Wildman–Crippen MR) is 54.4 cm³/mol. The summed E-state index contributed by atoms with van der Waals surface area (Å²) in [7, 11) is 0. The van der Waals surface area contributed by atoms with Crippen LogP contribution in [0.3, 0.4) is 0 Å². The van der Waals surface area contributed by atoms with Crippen molar-refractivity contribution in [3.05, 3.63) is 0 Å². The molecule has 2 fully saturated rings. The highest BCUT2D eigenvalue weighted by molar-refractivity contribution is 5.01. The van der Waals surface area contributed by atoms with Gasteiger partial charge in [-0.05, 0) is 48.3 Å². The Labute approximate surface area is 81.5 Å². The van der Waals surface area contributed by atoms with Crippen molar-refractivity contribution in [1.29, 1.82) is 0 Å². The summed E-state index contributed by atoms with van der Waals surface area (Å²) in [6, 6.07) is 0. The third kappa shape index (κ3) is 1.76.